The Labute approximate surface area is 158 Å². The molecule has 24 heavy (non-hydrogen) atoms. The average Bonchev–Trinajstić information content (AvgIpc) is 2.56. The zero-order valence-electron chi connectivity index (χ0n) is 12.3. The van der Waals surface area contributed by atoms with Gasteiger partial charge in [0.2, 0.25) is 0 Å². The Morgan fingerprint density at radius 3 is 2.54 bits per heavy atom. The summed E-state index contributed by atoms with van der Waals surface area (Å²) in [5.41, 5.74) is 1.35. The highest BCUT2D eigenvalue weighted by atomic mass is 79.9. The van der Waals surface area contributed by atoms with E-state index < -0.39 is 5.91 Å². The number of amides is 1. The summed E-state index contributed by atoms with van der Waals surface area (Å²) in [6.45, 7) is 0.493. The summed E-state index contributed by atoms with van der Waals surface area (Å²) in [4.78, 5) is 12.1. The third-order valence-corrected chi connectivity index (χ3v) is 4.09. The van der Waals surface area contributed by atoms with E-state index in [1.807, 2.05) is 30.3 Å². The van der Waals surface area contributed by atoms with E-state index in [9.17, 15) is 4.79 Å². The van der Waals surface area contributed by atoms with Crippen LogP contribution in [-0.2, 0) is 11.3 Å². The Hall–Kier alpha value is -2.00. The Bertz CT molecular complexity index is 814. The normalized spacial score (nSPS) is 10.8. The van der Waals surface area contributed by atoms with Crippen molar-refractivity contribution < 1.29 is 4.79 Å². The smallest absolute Gasteiger partial charge is 0.267 e. The van der Waals surface area contributed by atoms with Crippen LogP contribution in [0.4, 0.5) is 5.69 Å². The lowest BCUT2D eigenvalue weighted by molar-refractivity contribution is -0.112. The maximum Gasteiger partial charge on any atom is 0.267 e. The maximum absolute atomic E-state index is 12.1. The zero-order chi connectivity index (χ0) is 17.5. The van der Waals surface area contributed by atoms with Gasteiger partial charge in [0.15, 0.2) is 0 Å². The lowest BCUT2D eigenvalue weighted by Gasteiger charge is -2.07. The minimum Gasteiger partial charge on any atom is -0.386 e. The molecule has 0 aliphatic carbocycles. The van der Waals surface area contributed by atoms with Crippen LogP contribution in [0.25, 0.3) is 0 Å². The molecule has 0 fully saturated rings. The minimum atomic E-state index is -0.551. The first-order valence-electron chi connectivity index (χ1n) is 6.84. The van der Waals surface area contributed by atoms with Crippen LogP contribution in [0.2, 0.25) is 10.0 Å². The van der Waals surface area contributed by atoms with E-state index in [2.05, 4.69) is 26.6 Å². The SMILES string of the molecule is N#C/C(=C/NCc1ccc(Br)cc1)C(=O)Nc1ccc(Cl)cc1Cl. The highest BCUT2D eigenvalue weighted by molar-refractivity contribution is 9.10. The number of hydrogen-bond donors (Lipinski definition) is 2. The summed E-state index contributed by atoms with van der Waals surface area (Å²) in [7, 11) is 0. The fourth-order valence-electron chi connectivity index (χ4n) is 1.80. The zero-order valence-corrected chi connectivity index (χ0v) is 15.4. The molecule has 4 nitrogen and oxygen atoms in total. The third kappa shape index (κ3) is 5.27. The Balaban J connectivity index is 2.00. The number of nitrogens with one attached hydrogen (secondary N) is 2. The van der Waals surface area contributed by atoms with Crippen molar-refractivity contribution in [1.82, 2.24) is 5.32 Å². The van der Waals surface area contributed by atoms with Crippen LogP contribution < -0.4 is 10.6 Å². The van der Waals surface area contributed by atoms with Crippen LogP contribution in [0.1, 0.15) is 5.56 Å². The monoisotopic (exact) mass is 423 g/mol. The molecular weight excluding hydrogens is 413 g/mol. The summed E-state index contributed by atoms with van der Waals surface area (Å²) in [5.74, 6) is -0.551. The van der Waals surface area contributed by atoms with Crippen molar-refractivity contribution in [2.45, 2.75) is 6.54 Å². The number of carbonyl (C=O) groups is 1. The van der Waals surface area contributed by atoms with Gasteiger partial charge in [-0.1, -0.05) is 51.3 Å². The summed E-state index contributed by atoms with van der Waals surface area (Å²) in [6.07, 6.45) is 1.38. The van der Waals surface area contributed by atoms with Crippen molar-refractivity contribution in [3.05, 3.63) is 74.3 Å². The maximum atomic E-state index is 12.1. The molecule has 2 N–H and O–H groups in total. The molecule has 0 aromatic heterocycles. The second kappa shape index (κ2) is 8.74. The van der Waals surface area contributed by atoms with Crippen LogP contribution in [0.15, 0.2) is 58.7 Å². The first kappa shape index (κ1) is 18.3. The van der Waals surface area contributed by atoms with Gasteiger partial charge in [-0.25, -0.2) is 0 Å². The van der Waals surface area contributed by atoms with Crippen LogP contribution in [0.3, 0.4) is 0 Å². The molecule has 2 rings (SSSR count). The van der Waals surface area contributed by atoms with Gasteiger partial charge in [0, 0.05) is 22.2 Å². The van der Waals surface area contributed by atoms with E-state index in [1.54, 1.807) is 12.1 Å². The van der Waals surface area contributed by atoms with Gasteiger partial charge >= 0.3 is 0 Å². The average molecular weight is 425 g/mol. The van der Waals surface area contributed by atoms with Crippen molar-refractivity contribution in [3.8, 4) is 6.07 Å². The number of nitrogens with zero attached hydrogens (tertiary/aromatic N) is 1. The molecule has 2 aromatic rings. The Morgan fingerprint density at radius 1 is 1.21 bits per heavy atom. The molecule has 0 atom stereocenters. The summed E-state index contributed by atoms with van der Waals surface area (Å²) < 4.78 is 0.985. The minimum absolute atomic E-state index is 0.0573. The number of hydrogen-bond acceptors (Lipinski definition) is 3. The predicted octanol–water partition coefficient (Wildman–Crippen LogP) is 4.89. The lowest BCUT2D eigenvalue weighted by Crippen LogP contribution is -2.16. The number of benzene rings is 2. The topological polar surface area (TPSA) is 64.9 Å². The standard InChI is InChI=1S/C17H12BrCl2N3O/c18-13-3-1-11(2-4-13)9-22-10-12(8-21)17(24)23-16-6-5-14(19)7-15(16)20/h1-7,10,22H,9H2,(H,23,24)/b12-10-. The fourth-order valence-corrected chi connectivity index (χ4v) is 2.52. The summed E-state index contributed by atoms with van der Waals surface area (Å²) in [5, 5.41) is 15.4. The first-order chi connectivity index (χ1) is 11.5. The second-order valence-corrected chi connectivity index (χ2v) is 6.51. The van der Waals surface area contributed by atoms with E-state index in [0.717, 1.165) is 10.0 Å². The van der Waals surface area contributed by atoms with Crippen LogP contribution in [0.5, 0.6) is 0 Å². The number of anilines is 1. The molecule has 7 heteroatoms. The highest BCUT2D eigenvalue weighted by Gasteiger charge is 2.11. The van der Waals surface area contributed by atoms with E-state index in [0.29, 0.717) is 22.3 Å². The molecule has 0 heterocycles. The van der Waals surface area contributed by atoms with Gasteiger partial charge in [0.05, 0.1) is 10.7 Å². The molecule has 0 aliphatic heterocycles. The first-order valence-corrected chi connectivity index (χ1v) is 8.39. The van der Waals surface area contributed by atoms with Crippen molar-refractivity contribution in [2.75, 3.05) is 5.32 Å². The number of rotatable bonds is 5. The highest BCUT2D eigenvalue weighted by Crippen LogP contribution is 2.25. The van der Waals surface area contributed by atoms with Gasteiger partial charge in [-0.15, -0.1) is 0 Å². The number of halogens is 3. The largest absolute Gasteiger partial charge is 0.386 e. The van der Waals surface area contributed by atoms with Gasteiger partial charge in [-0.3, -0.25) is 4.79 Å². The predicted molar refractivity (Wildman–Crippen MR) is 99.8 cm³/mol. The van der Waals surface area contributed by atoms with E-state index in [4.69, 9.17) is 28.5 Å². The molecular formula is C17H12BrCl2N3O. The lowest BCUT2D eigenvalue weighted by atomic mass is 10.2. The molecule has 0 saturated carbocycles. The molecule has 0 spiro atoms. The Kier molecular flexibility index (Phi) is 6.68. The Morgan fingerprint density at radius 2 is 1.92 bits per heavy atom. The third-order valence-electron chi connectivity index (χ3n) is 3.01. The van der Waals surface area contributed by atoms with Crippen LogP contribution in [-0.4, -0.2) is 5.91 Å². The van der Waals surface area contributed by atoms with E-state index in [1.165, 1.54) is 12.3 Å². The molecule has 0 saturated heterocycles. The van der Waals surface area contributed by atoms with E-state index in [-0.39, 0.29) is 5.57 Å². The van der Waals surface area contributed by atoms with Crippen molar-refractivity contribution >= 4 is 50.7 Å². The van der Waals surface area contributed by atoms with Crippen molar-refractivity contribution in [1.29, 1.82) is 5.26 Å². The van der Waals surface area contributed by atoms with Crippen LogP contribution in [0, 0.1) is 11.3 Å². The van der Waals surface area contributed by atoms with Gasteiger partial charge < -0.3 is 10.6 Å². The summed E-state index contributed by atoms with van der Waals surface area (Å²) in [6, 6.07) is 14.3. The van der Waals surface area contributed by atoms with Crippen molar-refractivity contribution in [2.24, 2.45) is 0 Å². The fraction of sp³-hybridized carbons (Fsp3) is 0.0588. The van der Waals surface area contributed by atoms with Gasteiger partial charge in [0.1, 0.15) is 11.6 Å². The second-order valence-electron chi connectivity index (χ2n) is 4.76. The number of nitriles is 1. The molecule has 0 unspecified atom stereocenters. The van der Waals surface area contributed by atoms with Gasteiger partial charge in [-0.2, -0.15) is 5.26 Å². The number of carbonyl (C=O) groups excluding carboxylic acids is 1. The summed E-state index contributed by atoms with van der Waals surface area (Å²) >= 11 is 15.2. The molecule has 0 bridgehead atoms. The molecule has 122 valence electrons. The van der Waals surface area contributed by atoms with Crippen LogP contribution >= 0.6 is 39.1 Å². The van der Waals surface area contributed by atoms with E-state index >= 15 is 0 Å². The molecule has 2 aromatic carbocycles. The van der Waals surface area contributed by atoms with Gasteiger partial charge in [0.25, 0.3) is 5.91 Å². The molecule has 1 amide bonds. The van der Waals surface area contributed by atoms with Crippen molar-refractivity contribution in [3.63, 3.8) is 0 Å². The molecule has 0 radical (unpaired) electrons. The quantitative estimate of drug-likeness (QED) is 0.530. The molecule has 0 aliphatic rings. The van der Waals surface area contributed by atoms with Gasteiger partial charge in [-0.05, 0) is 35.9 Å².